The molecule has 0 aliphatic heterocycles. The fraction of sp³-hybridized carbons (Fsp3) is 0. The van der Waals surface area contributed by atoms with Gasteiger partial charge in [0, 0.05) is 0 Å². The first-order chi connectivity index (χ1) is 2.41. The van der Waals surface area contributed by atoms with Crippen LogP contribution in [0.15, 0.2) is 0 Å². The summed E-state index contributed by atoms with van der Waals surface area (Å²) < 4.78 is 16.6. The summed E-state index contributed by atoms with van der Waals surface area (Å²) in [5.74, 6) is 0. The molecule has 0 aromatic carbocycles. The average Bonchev–Trinajstić information content (AvgIpc) is 1.46. The minimum atomic E-state index is -0.750. The van der Waals surface area contributed by atoms with Gasteiger partial charge in [0.05, 0.1) is 0 Å². The van der Waals surface area contributed by atoms with Gasteiger partial charge >= 0.3 is 39.8 Å². The van der Waals surface area contributed by atoms with E-state index in [4.69, 9.17) is 8.42 Å². The zero-order chi connectivity index (χ0) is 4.71. The summed E-state index contributed by atoms with van der Waals surface area (Å²) in [4.78, 5) is 0. The zero-order valence-electron chi connectivity index (χ0n) is 1.92. The van der Waals surface area contributed by atoms with Crippen molar-refractivity contribution in [2.24, 2.45) is 0 Å². The Hall–Kier alpha value is 0.798. The van der Waals surface area contributed by atoms with E-state index in [1.54, 1.807) is 18.8 Å². The van der Waals surface area contributed by atoms with Crippen molar-refractivity contribution in [3.63, 3.8) is 0 Å². The maximum atomic E-state index is 8.29. The van der Waals surface area contributed by atoms with Crippen molar-refractivity contribution in [2.45, 2.75) is 0 Å². The molecule has 0 amide bonds. The number of hydrogen-bond donors (Lipinski definition) is 0. The molecular formula is ClO2PtS. The van der Waals surface area contributed by atoms with Crippen LogP contribution >= 0.6 is 9.42 Å². The summed E-state index contributed by atoms with van der Waals surface area (Å²) in [5.41, 5.74) is 0. The molecule has 0 heterocycles. The Kier molecular flexibility index (Phi) is 39.6. The van der Waals surface area contributed by atoms with Gasteiger partial charge in [-0.15, -0.1) is 0 Å². The molecule has 0 aliphatic carbocycles. The predicted octanol–water partition coefficient (Wildman–Crippen LogP) is 0.0168. The summed E-state index contributed by atoms with van der Waals surface area (Å²) in [5, 5.41) is 0. The minimum absolute atomic E-state index is 0.750. The van der Waals surface area contributed by atoms with E-state index < -0.39 is 11.6 Å². The van der Waals surface area contributed by atoms with Crippen LogP contribution in [0.5, 0.6) is 0 Å². The summed E-state index contributed by atoms with van der Waals surface area (Å²) in [6, 6.07) is 0. The third kappa shape index (κ3) is 59.0. The molecule has 5 heavy (non-hydrogen) atoms. The van der Waals surface area contributed by atoms with Crippen molar-refractivity contribution in [3.8, 4) is 0 Å². The summed E-state index contributed by atoms with van der Waals surface area (Å²) in [7, 11) is 4.61. The third-order valence-corrected chi connectivity index (χ3v) is 0. The van der Waals surface area contributed by atoms with Crippen molar-refractivity contribution in [1.82, 2.24) is 0 Å². The predicted molar refractivity (Wildman–Crippen MR) is 14.8 cm³/mol. The number of hydrogen-bond acceptors (Lipinski definition) is 2. The third-order valence-electron chi connectivity index (χ3n) is 0. The molecule has 0 saturated heterocycles. The molecule has 0 rings (SSSR count). The Morgan fingerprint density at radius 3 is 1.40 bits per heavy atom. The zero-order valence-corrected chi connectivity index (χ0v) is 5.76. The van der Waals surface area contributed by atoms with Gasteiger partial charge in [0.1, 0.15) is 0 Å². The molecule has 0 atom stereocenters. The summed E-state index contributed by atoms with van der Waals surface area (Å²) in [6.07, 6.45) is 0. The first kappa shape index (κ1) is 9.25. The van der Waals surface area contributed by atoms with Gasteiger partial charge < -0.3 is 0 Å². The monoisotopic (exact) mass is 294 g/mol. The van der Waals surface area contributed by atoms with Crippen LogP contribution in [-0.4, -0.2) is 8.42 Å². The normalized spacial score (nSPS) is 3.80. The molecule has 35 valence electrons. The van der Waals surface area contributed by atoms with E-state index in [0.717, 1.165) is 0 Å². The van der Waals surface area contributed by atoms with Crippen LogP contribution in [0.2, 0.25) is 0 Å². The Morgan fingerprint density at radius 2 is 1.40 bits per heavy atom. The van der Waals surface area contributed by atoms with Crippen LogP contribution < -0.4 is 0 Å². The van der Waals surface area contributed by atoms with Crippen LogP contribution in [0, 0.1) is 0 Å². The van der Waals surface area contributed by atoms with E-state index in [-0.39, 0.29) is 0 Å². The SMILES string of the molecule is O=S=O.[Cl][Pt]. The molecule has 0 bridgehead atoms. The van der Waals surface area contributed by atoms with Crippen molar-refractivity contribution < 1.29 is 27.2 Å². The maximum absolute atomic E-state index is 8.29. The van der Waals surface area contributed by atoms with E-state index in [1.807, 2.05) is 0 Å². The first-order valence-electron chi connectivity index (χ1n) is 0.453. The van der Waals surface area contributed by atoms with Crippen molar-refractivity contribution in [2.75, 3.05) is 0 Å². The second-order valence-electron chi connectivity index (χ2n) is 0.0680. The topological polar surface area (TPSA) is 34.1 Å². The quantitative estimate of drug-likeness (QED) is 0.631. The summed E-state index contributed by atoms with van der Waals surface area (Å²) in [6.45, 7) is 0. The van der Waals surface area contributed by atoms with E-state index >= 15 is 0 Å². The molecule has 0 aromatic rings. The second kappa shape index (κ2) is 21.4. The van der Waals surface area contributed by atoms with Gasteiger partial charge in [0.15, 0.2) is 0 Å². The van der Waals surface area contributed by atoms with E-state index in [9.17, 15) is 0 Å². The van der Waals surface area contributed by atoms with Crippen LogP contribution in [0.3, 0.4) is 0 Å². The van der Waals surface area contributed by atoms with Crippen molar-refractivity contribution >= 4 is 21.0 Å². The number of halogens is 1. The molecule has 0 aliphatic rings. The summed E-state index contributed by atoms with van der Waals surface area (Å²) >= 11 is 0.861. The first-order valence-corrected chi connectivity index (χ1v) is 3.94. The van der Waals surface area contributed by atoms with Crippen LogP contribution in [0.25, 0.3) is 0 Å². The van der Waals surface area contributed by atoms with Gasteiger partial charge in [0.25, 0.3) is 0 Å². The average molecular weight is 295 g/mol. The Labute approximate surface area is 48.3 Å². The molecule has 0 N–H and O–H groups in total. The van der Waals surface area contributed by atoms with Crippen molar-refractivity contribution in [3.05, 3.63) is 0 Å². The number of rotatable bonds is 0. The molecule has 0 saturated carbocycles. The van der Waals surface area contributed by atoms with Crippen molar-refractivity contribution in [1.29, 1.82) is 0 Å². The van der Waals surface area contributed by atoms with Crippen LogP contribution in [0.4, 0.5) is 0 Å². The van der Waals surface area contributed by atoms with Gasteiger partial charge in [-0.05, 0) is 0 Å². The van der Waals surface area contributed by atoms with E-state index in [2.05, 4.69) is 9.42 Å². The van der Waals surface area contributed by atoms with E-state index in [1.165, 1.54) is 0 Å². The molecule has 0 radical (unpaired) electrons. The molecule has 2 nitrogen and oxygen atoms in total. The van der Waals surface area contributed by atoms with Gasteiger partial charge in [-0.2, -0.15) is 8.42 Å². The van der Waals surface area contributed by atoms with E-state index in [0.29, 0.717) is 0 Å². The standard InChI is InChI=1S/ClH.O2S.Pt/c;1-3-2;/h1H;;/q;;+1/p-1. The molecule has 0 fully saturated rings. The Bertz CT molecular complexity index is 30.6. The van der Waals surface area contributed by atoms with Gasteiger partial charge in [0.2, 0.25) is 0 Å². The molecular weight excluding hydrogens is 295 g/mol. The molecule has 0 aromatic heterocycles. The van der Waals surface area contributed by atoms with Crippen LogP contribution in [0.1, 0.15) is 0 Å². The van der Waals surface area contributed by atoms with Gasteiger partial charge in [-0.1, -0.05) is 0 Å². The van der Waals surface area contributed by atoms with Crippen LogP contribution in [-0.2, 0) is 30.3 Å². The molecule has 0 unspecified atom stereocenters. The van der Waals surface area contributed by atoms with Gasteiger partial charge in [-0.3, -0.25) is 0 Å². The fourth-order valence-corrected chi connectivity index (χ4v) is 0. The Morgan fingerprint density at radius 1 is 1.40 bits per heavy atom. The molecule has 0 spiro atoms. The Balaban J connectivity index is 0. The van der Waals surface area contributed by atoms with Gasteiger partial charge in [-0.25, -0.2) is 0 Å². The molecule has 5 heteroatoms. The second-order valence-corrected chi connectivity index (χ2v) is 0.204. The fourth-order valence-electron chi connectivity index (χ4n) is 0.